The number of amides is 2. The highest BCUT2D eigenvalue weighted by atomic mass is 35.5. The number of anilines is 1. The fourth-order valence-electron chi connectivity index (χ4n) is 5.49. The molecule has 2 fully saturated rings. The molecule has 1 aliphatic heterocycles. The number of aliphatic hydroxyl groups is 1. The molecule has 194 valence electrons. The van der Waals surface area contributed by atoms with Gasteiger partial charge in [0.25, 0.3) is 5.88 Å². The van der Waals surface area contributed by atoms with E-state index in [9.17, 15) is 9.90 Å². The summed E-state index contributed by atoms with van der Waals surface area (Å²) in [5.74, 6) is 0.491. The first-order chi connectivity index (χ1) is 18.0. The van der Waals surface area contributed by atoms with Crippen LogP contribution >= 0.6 is 11.6 Å². The number of benzene rings is 2. The van der Waals surface area contributed by atoms with Crippen LogP contribution in [0.15, 0.2) is 54.6 Å². The lowest BCUT2D eigenvalue weighted by Gasteiger charge is -2.29. The quantitative estimate of drug-likeness (QED) is 0.457. The van der Waals surface area contributed by atoms with Crippen molar-refractivity contribution in [2.24, 2.45) is 0 Å². The maximum absolute atomic E-state index is 13.2. The van der Waals surface area contributed by atoms with E-state index in [-0.39, 0.29) is 34.8 Å². The number of likely N-dealkylation sites (N-methyl/N-ethyl adjacent to an activating group) is 1. The number of hydrogen-bond acceptors (Lipinski definition) is 6. The molecule has 3 N–H and O–H groups in total. The van der Waals surface area contributed by atoms with E-state index in [4.69, 9.17) is 21.1 Å². The topological polar surface area (TPSA) is 101 Å². The average Bonchev–Trinajstić information content (AvgIpc) is 3.62. The molecule has 2 amide bonds. The molecule has 6 rings (SSSR count). The first kappa shape index (κ1) is 24.2. The van der Waals surface area contributed by atoms with Crippen molar-refractivity contribution in [2.45, 2.75) is 36.5 Å². The number of aromatic nitrogens is 2. The molecular weight excluding hydrogens is 494 g/mol. The van der Waals surface area contributed by atoms with Gasteiger partial charge in [0.15, 0.2) is 5.82 Å². The van der Waals surface area contributed by atoms with Crippen molar-refractivity contribution in [3.05, 3.63) is 70.7 Å². The number of nitrogens with zero attached hydrogens (tertiary/aromatic N) is 3. The van der Waals surface area contributed by atoms with Crippen molar-refractivity contribution in [3.63, 3.8) is 0 Å². The van der Waals surface area contributed by atoms with Gasteiger partial charge in [0.2, 0.25) is 0 Å². The Balaban J connectivity index is 1.23. The summed E-state index contributed by atoms with van der Waals surface area (Å²) in [4.78, 5) is 15.4. The van der Waals surface area contributed by atoms with E-state index in [1.165, 1.54) is 0 Å². The van der Waals surface area contributed by atoms with E-state index in [0.29, 0.717) is 12.3 Å². The Morgan fingerprint density at radius 2 is 1.97 bits per heavy atom. The molecular formula is C27H30ClN5O4. The van der Waals surface area contributed by atoms with Crippen LogP contribution < -0.4 is 15.4 Å². The zero-order chi connectivity index (χ0) is 25.6. The van der Waals surface area contributed by atoms with Gasteiger partial charge in [-0.05, 0) is 43.1 Å². The zero-order valence-electron chi connectivity index (χ0n) is 20.6. The fourth-order valence-corrected chi connectivity index (χ4v) is 5.71. The molecule has 3 unspecified atom stereocenters. The summed E-state index contributed by atoms with van der Waals surface area (Å²) in [5, 5.41) is 21.7. The highest BCUT2D eigenvalue weighted by Crippen LogP contribution is 2.59. The number of para-hydroxylation sites is 1. The van der Waals surface area contributed by atoms with Gasteiger partial charge >= 0.3 is 6.03 Å². The van der Waals surface area contributed by atoms with Crippen LogP contribution in [0.4, 0.5) is 10.6 Å². The maximum Gasteiger partial charge on any atom is 0.321 e. The lowest BCUT2D eigenvalue weighted by atomic mass is 9.97. The third kappa shape index (κ3) is 4.46. The number of halogens is 1. The predicted octanol–water partition coefficient (Wildman–Crippen LogP) is 3.50. The van der Waals surface area contributed by atoms with E-state index >= 15 is 0 Å². The summed E-state index contributed by atoms with van der Waals surface area (Å²) < 4.78 is 13.3. The molecule has 10 heteroatoms. The van der Waals surface area contributed by atoms with Crippen LogP contribution in [0, 0.1) is 0 Å². The number of hydrogen-bond donors (Lipinski definition) is 3. The molecule has 9 nitrogen and oxygen atoms in total. The van der Waals surface area contributed by atoms with E-state index in [1.54, 1.807) is 4.68 Å². The van der Waals surface area contributed by atoms with Gasteiger partial charge in [-0.3, -0.25) is 5.32 Å². The normalized spacial score (nSPS) is 24.0. The number of carbonyl (C=O) groups excluding carboxylic acids is 1. The van der Waals surface area contributed by atoms with Crippen LogP contribution in [0.1, 0.15) is 30.0 Å². The predicted molar refractivity (Wildman–Crippen MR) is 140 cm³/mol. The molecule has 3 aliphatic rings. The minimum absolute atomic E-state index is 0.102. The van der Waals surface area contributed by atoms with E-state index < -0.39 is 18.2 Å². The highest BCUT2D eigenvalue weighted by Gasteiger charge is 2.59. The third-order valence-electron chi connectivity index (χ3n) is 7.57. The van der Waals surface area contributed by atoms with Crippen molar-refractivity contribution in [2.75, 3.05) is 38.7 Å². The highest BCUT2D eigenvalue weighted by molar-refractivity contribution is 6.34. The van der Waals surface area contributed by atoms with Crippen LogP contribution in [-0.2, 0) is 10.2 Å². The summed E-state index contributed by atoms with van der Waals surface area (Å²) >= 11 is 6.70. The number of urea groups is 1. The molecule has 2 heterocycles. The molecule has 1 saturated heterocycles. The van der Waals surface area contributed by atoms with Gasteiger partial charge in [-0.2, -0.15) is 0 Å². The van der Waals surface area contributed by atoms with Crippen LogP contribution in [-0.4, -0.2) is 71.4 Å². The molecule has 0 radical (unpaired) electrons. The largest absolute Gasteiger partial charge is 0.473 e. The summed E-state index contributed by atoms with van der Waals surface area (Å²) in [6.45, 7) is 2.55. The minimum atomic E-state index is -0.683. The lowest BCUT2D eigenvalue weighted by Crippen LogP contribution is -2.42. The van der Waals surface area contributed by atoms with E-state index in [2.05, 4.69) is 20.6 Å². The molecule has 0 bridgehead atoms. The summed E-state index contributed by atoms with van der Waals surface area (Å²) in [6, 6.07) is 16.3. The standard InChI is InChI=1S/C27H30ClN5O4/c1-32-13-14-36-18(15-32)16-37-25-21(28)24(33(31-25)17-7-3-2-4-8-17)30-26(35)29-22-19-9-5-6-10-20(19)27(11-12-27)23(22)34/h2-10,18,22-23,34H,11-16H2,1H3,(H2,29,30,35). The smallest absolute Gasteiger partial charge is 0.321 e. The van der Waals surface area contributed by atoms with Crippen molar-refractivity contribution in [1.82, 2.24) is 20.0 Å². The van der Waals surface area contributed by atoms with Crippen LogP contribution in [0.25, 0.3) is 5.69 Å². The van der Waals surface area contributed by atoms with Crippen molar-refractivity contribution < 1.29 is 19.4 Å². The Kier molecular flexibility index (Phi) is 6.32. The van der Waals surface area contributed by atoms with Crippen molar-refractivity contribution in [1.29, 1.82) is 0 Å². The third-order valence-corrected chi connectivity index (χ3v) is 7.91. The number of aliphatic hydroxyl groups excluding tert-OH is 1. The molecule has 2 aromatic carbocycles. The van der Waals surface area contributed by atoms with Gasteiger partial charge in [-0.15, -0.1) is 5.10 Å². The van der Waals surface area contributed by atoms with Crippen molar-refractivity contribution >= 4 is 23.4 Å². The summed E-state index contributed by atoms with van der Waals surface area (Å²) in [5.41, 5.74) is 2.53. The zero-order valence-corrected chi connectivity index (χ0v) is 21.3. The number of fused-ring (bicyclic) bond motifs is 2. The fraction of sp³-hybridized carbons (Fsp3) is 0.407. The second-order valence-corrected chi connectivity index (χ2v) is 10.4. The number of ether oxygens (including phenoxy) is 2. The van der Waals surface area contributed by atoms with Crippen molar-refractivity contribution in [3.8, 4) is 11.6 Å². The van der Waals surface area contributed by atoms with Gasteiger partial charge in [0.1, 0.15) is 17.7 Å². The number of nitrogens with one attached hydrogen (secondary N) is 2. The van der Waals surface area contributed by atoms with E-state index in [0.717, 1.165) is 37.1 Å². The molecule has 37 heavy (non-hydrogen) atoms. The monoisotopic (exact) mass is 523 g/mol. The molecule has 2 aliphatic carbocycles. The van der Waals surface area contributed by atoms with Crippen LogP contribution in [0.3, 0.4) is 0 Å². The Morgan fingerprint density at radius 3 is 2.73 bits per heavy atom. The second kappa shape index (κ2) is 9.64. The summed E-state index contributed by atoms with van der Waals surface area (Å²) in [7, 11) is 2.04. The first-order valence-corrected chi connectivity index (χ1v) is 13.0. The molecule has 1 spiro atoms. The van der Waals surface area contributed by atoms with Gasteiger partial charge in [0, 0.05) is 18.5 Å². The Labute approximate surface area is 220 Å². The maximum atomic E-state index is 13.2. The Morgan fingerprint density at radius 1 is 1.22 bits per heavy atom. The van der Waals surface area contributed by atoms with Crippen LogP contribution in [0.2, 0.25) is 5.02 Å². The Bertz CT molecular complexity index is 1300. The average molecular weight is 524 g/mol. The van der Waals surface area contributed by atoms with Gasteiger partial charge in [-0.25, -0.2) is 9.48 Å². The van der Waals surface area contributed by atoms with Gasteiger partial charge < -0.3 is 24.8 Å². The first-order valence-electron chi connectivity index (χ1n) is 12.6. The van der Waals surface area contributed by atoms with Gasteiger partial charge in [-0.1, -0.05) is 54.1 Å². The van der Waals surface area contributed by atoms with E-state index in [1.807, 2.05) is 61.6 Å². The number of morpholine rings is 1. The molecule has 3 aromatic rings. The lowest BCUT2D eigenvalue weighted by molar-refractivity contribution is -0.0410. The Hall–Kier alpha value is -3.11. The molecule has 1 aromatic heterocycles. The molecule has 1 saturated carbocycles. The van der Waals surface area contributed by atoms with Gasteiger partial charge in [0.05, 0.1) is 24.4 Å². The minimum Gasteiger partial charge on any atom is -0.473 e. The SMILES string of the molecule is CN1CCOC(COc2nn(-c3ccccc3)c(NC(=O)NC3c4ccccc4C4(CC4)C3O)c2Cl)C1. The summed E-state index contributed by atoms with van der Waals surface area (Å²) in [6.07, 6.45) is 1.05. The second-order valence-electron chi connectivity index (χ2n) is 10.0. The number of carbonyl (C=O) groups is 1. The number of rotatable bonds is 6. The molecule has 3 atom stereocenters. The van der Waals surface area contributed by atoms with Crippen LogP contribution in [0.5, 0.6) is 5.88 Å².